The SMILES string of the molecule is COCC(C)NC(=O)CN1C(=O)COc2ccc(Cl)cc21. The predicted molar refractivity (Wildman–Crippen MR) is 78.8 cm³/mol. The van der Waals surface area contributed by atoms with Gasteiger partial charge < -0.3 is 14.8 Å². The molecule has 1 heterocycles. The molecule has 1 N–H and O–H groups in total. The third-order valence-electron chi connectivity index (χ3n) is 2.99. The average molecular weight is 313 g/mol. The zero-order chi connectivity index (χ0) is 15.4. The van der Waals surface area contributed by atoms with Crippen molar-refractivity contribution in [2.24, 2.45) is 0 Å². The third-order valence-corrected chi connectivity index (χ3v) is 3.22. The molecule has 0 radical (unpaired) electrons. The Balaban J connectivity index is 2.11. The van der Waals surface area contributed by atoms with Crippen LogP contribution in [0.15, 0.2) is 18.2 Å². The van der Waals surface area contributed by atoms with E-state index in [4.69, 9.17) is 21.1 Å². The lowest BCUT2D eigenvalue weighted by Gasteiger charge is -2.29. The van der Waals surface area contributed by atoms with Crippen molar-refractivity contribution >= 4 is 29.1 Å². The van der Waals surface area contributed by atoms with Crippen LogP contribution in [-0.2, 0) is 14.3 Å². The first kappa shape index (κ1) is 15.6. The number of anilines is 1. The average Bonchev–Trinajstić information content (AvgIpc) is 2.42. The van der Waals surface area contributed by atoms with Gasteiger partial charge in [-0.05, 0) is 25.1 Å². The summed E-state index contributed by atoms with van der Waals surface area (Å²) in [7, 11) is 1.56. The number of methoxy groups -OCH3 is 1. The van der Waals surface area contributed by atoms with E-state index in [2.05, 4.69) is 5.32 Å². The molecular weight excluding hydrogens is 296 g/mol. The molecule has 0 saturated carbocycles. The van der Waals surface area contributed by atoms with Crippen LogP contribution in [0.3, 0.4) is 0 Å². The van der Waals surface area contributed by atoms with Crippen LogP contribution in [0.1, 0.15) is 6.92 Å². The summed E-state index contributed by atoms with van der Waals surface area (Å²) in [4.78, 5) is 25.3. The molecule has 0 spiro atoms. The number of ether oxygens (including phenoxy) is 2. The Morgan fingerprint density at radius 3 is 3.05 bits per heavy atom. The maximum atomic E-state index is 12.0. The summed E-state index contributed by atoms with van der Waals surface area (Å²) < 4.78 is 10.3. The highest BCUT2D eigenvalue weighted by atomic mass is 35.5. The van der Waals surface area contributed by atoms with Crippen LogP contribution in [-0.4, -0.2) is 44.7 Å². The molecule has 1 aromatic rings. The molecule has 0 saturated heterocycles. The normalized spacial score (nSPS) is 15.2. The Kier molecular flexibility index (Phi) is 5.03. The molecule has 1 aromatic carbocycles. The lowest BCUT2D eigenvalue weighted by atomic mass is 10.2. The van der Waals surface area contributed by atoms with Crippen molar-refractivity contribution in [3.63, 3.8) is 0 Å². The second-order valence-electron chi connectivity index (χ2n) is 4.80. The van der Waals surface area contributed by atoms with Gasteiger partial charge in [-0.15, -0.1) is 0 Å². The van der Waals surface area contributed by atoms with Gasteiger partial charge in [0.25, 0.3) is 5.91 Å². The highest BCUT2D eigenvalue weighted by Crippen LogP contribution is 2.34. The number of nitrogens with zero attached hydrogens (tertiary/aromatic N) is 1. The maximum absolute atomic E-state index is 12.0. The molecule has 0 aromatic heterocycles. The molecule has 1 aliphatic rings. The monoisotopic (exact) mass is 312 g/mol. The van der Waals surface area contributed by atoms with Gasteiger partial charge in [-0.2, -0.15) is 0 Å². The minimum absolute atomic E-state index is 0.0798. The Morgan fingerprint density at radius 2 is 2.33 bits per heavy atom. The molecular formula is C14H17ClN2O4. The Morgan fingerprint density at radius 1 is 1.57 bits per heavy atom. The molecule has 0 bridgehead atoms. The second kappa shape index (κ2) is 6.78. The first-order chi connectivity index (χ1) is 10.0. The molecule has 0 aliphatic carbocycles. The number of fused-ring (bicyclic) bond motifs is 1. The fourth-order valence-electron chi connectivity index (χ4n) is 2.10. The van der Waals surface area contributed by atoms with Gasteiger partial charge in [0.1, 0.15) is 12.3 Å². The van der Waals surface area contributed by atoms with Gasteiger partial charge in [0, 0.05) is 18.2 Å². The van der Waals surface area contributed by atoms with Gasteiger partial charge in [0.2, 0.25) is 5.91 Å². The predicted octanol–water partition coefficient (Wildman–Crippen LogP) is 1.22. The van der Waals surface area contributed by atoms with Gasteiger partial charge in [0.05, 0.1) is 12.3 Å². The van der Waals surface area contributed by atoms with E-state index in [-0.39, 0.29) is 31.0 Å². The summed E-state index contributed by atoms with van der Waals surface area (Å²) in [6, 6.07) is 4.84. The minimum Gasteiger partial charge on any atom is -0.482 e. The van der Waals surface area contributed by atoms with E-state index in [1.807, 2.05) is 6.92 Å². The molecule has 21 heavy (non-hydrogen) atoms. The lowest BCUT2D eigenvalue weighted by Crippen LogP contribution is -2.47. The van der Waals surface area contributed by atoms with E-state index in [1.54, 1.807) is 25.3 Å². The number of hydrogen-bond acceptors (Lipinski definition) is 4. The minimum atomic E-state index is -0.278. The Bertz CT molecular complexity index is 550. The van der Waals surface area contributed by atoms with Crippen LogP contribution in [0.2, 0.25) is 5.02 Å². The van der Waals surface area contributed by atoms with Crippen molar-refractivity contribution in [3.8, 4) is 5.75 Å². The highest BCUT2D eigenvalue weighted by Gasteiger charge is 2.27. The fraction of sp³-hybridized carbons (Fsp3) is 0.429. The molecule has 1 aliphatic heterocycles. The van der Waals surface area contributed by atoms with Crippen LogP contribution in [0.4, 0.5) is 5.69 Å². The summed E-state index contributed by atoms with van der Waals surface area (Å²) in [5, 5.41) is 3.24. The van der Waals surface area contributed by atoms with Crippen molar-refractivity contribution in [3.05, 3.63) is 23.2 Å². The molecule has 6 nitrogen and oxygen atoms in total. The number of benzene rings is 1. The summed E-state index contributed by atoms with van der Waals surface area (Å²) >= 11 is 5.94. The summed E-state index contributed by atoms with van der Waals surface area (Å²) in [5.74, 6) is -0.00298. The molecule has 0 fully saturated rings. The van der Waals surface area contributed by atoms with Gasteiger partial charge in [0.15, 0.2) is 6.61 Å². The number of carbonyl (C=O) groups is 2. The fourth-order valence-corrected chi connectivity index (χ4v) is 2.27. The Hall–Kier alpha value is -1.79. The first-order valence-corrected chi connectivity index (χ1v) is 6.90. The summed E-state index contributed by atoms with van der Waals surface area (Å²) in [6.45, 7) is 2.07. The summed E-state index contributed by atoms with van der Waals surface area (Å²) in [6.07, 6.45) is 0. The van der Waals surface area contributed by atoms with E-state index in [9.17, 15) is 9.59 Å². The maximum Gasteiger partial charge on any atom is 0.265 e. The van der Waals surface area contributed by atoms with Crippen LogP contribution in [0.25, 0.3) is 0 Å². The van der Waals surface area contributed by atoms with Gasteiger partial charge >= 0.3 is 0 Å². The second-order valence-corrected chi connectivity index (χ2v) is 5.24. The number of amides is 2. The molecule has 2 amide bonds. The quantitative estimate of drug-likeness (QED) is 0.887. The van der Waals surface area contributed by atoms with Crippen LogP contribution >= 0.6 is 11.6 Å². The van der Waals surface area contributed by atoms with Gasteiger partial charge in [-0.1, -0.05) is 11.6 Å². The van der Waals surface area contributed by atoms with Crippen molar-refractivity contribution in [2.75, 3.05) is 31.8 Å². The molecule has 7 heteroatoms. The van der Waals surface area contributed by atoms with Gasteiger partial charge in [-0.3, -0.25) is 14.5 Å². The number of hydrogen-bond donors (Lipinski definition) is 1. The van der Waals surface area contributed by atoms with E-state index < -0.39 is 0 Å². The number of carbonyl (C=O) groups excluding carboxylic acids is 2. The number of halogens is 1. The largest absolute Gasteiger partial charge is 0.482 e. The molecule has 114 valence electrons. The molecule has 1 atom stereocenters. The van der Waals surface area contributed by atoms with Crippen molar-refractivity contribution < 1.29 is 19.1 Å². The van der Waals surface area contributed by atoms with Crippen molar-refractivity contribution in [1.82, 2.24) is 5.32 Å². The number of rotatable bonds is 5. The smallest absolute Gasteiger partial charge is 0.265 e. The van der Waals surface area contributed by atoms with Crippen molar-refractivity contribution in [2.45, 2.75) is 13.0 Å². The Labute approximate surface area is 128 Å². The van der Waals surface area contributed by atoms with E-state index in [1.165, 1.54) is 4.90 Å². The van der Waals surface area contributed by atoms with E-state index in [0.29, 0.717) is 23.1 Å². The highest BCUT2D eigenvalue weighted by molar-refractivity contribution is 6.31. The third kappa shape index (κ3) is 3.86. The first-order valence-electron chi connectivity index (χ1n) is 6.52. The standard InChI is InChI=1S/C14H17ClN2O4/c1-9(7-20-2)16-13(18)6-17-11-5-10(15)3-4-12(11)21-8-14(17)19/h3-5,9H,6-8H2,1-2H3,(H,16,18). The molecule has 1 unspecified atom stereocenters. The summed E-state index contributed by atoms with van der Waals surface area (Å²) in [5.41, 5.74) is 0.508. The number of nitrogens with one attached hydrogen (secondary N) is 1. The zero-order valence-corrected chi connectivity index (χ0v) is 12.6. The van der Waals surface area contributed by atoms with E-state index >= 15 is 0 Å². The molecule has 2 rings (SSSR count). The van der Waals surface area contributed by atoms with Gasteiger partial charge in [-0.25, -0.2) is 0 Å². The topological polar surface area (TPSA) is 67.9 Å². The van der Waals surface area contributed by atoms with Crippen LogP contribution in [0.5, 0.6) is 5.75 Å². The van der Waals surface area contributed by atoms with Crippen molar-refractivity contribution in [1.29, 1.82) is 0 Å². The van der Waals surface area contributed by atoms with E-state index in [0.717, 1.165) is 0 Å². The zero-order valence-electron chi connectivity index (χ0n) is 11.9. The van der Waals surface area contributed by atoms with Crippen LogP contribution < -0.4 is 15.0 Å². The lowest BCUT2D eigenvalue weighted by molar-refractivity contribution is -0.125. The van der Waals surface area contributed by atoms with Crippen LogP contribution in [0, 0.1) is 0 Å².